The van der Waals surface area contributed by atoms with Crippen molar-refractivity contribution in [1.82, 2.24) is 9.78 Å². The van der Waals surface area contributed by atoms with Gasteiger partial charge in [0.15, 0.2) is 0 Å². The van der Waals surface area contributed by atoms with Gasteiger partial charge in [0.2, 0.25) is 5.91 Å². The first kappa shape index (κ1) is 18.2. The minimum atomic E-state index is -0.216. The van der Waals surface area contributed by atoms with E-state index in [2.05, 4.69) is 10.4 Å². The van der Waals surface area contributed by atoms with Crippen molar-refractivity contribution in [1.29, 1.82) is 0 Å². The Kier molecular flexibility index (Phi) is 5.40. The van der Waals surface area contributed by atoms with E-state index in [1.54, 1.807) is 0 Å². The maximum absolute atomic E-state index is 12.8. The lowest BCUT2D eigenvalue weighted by atomic mass is 9.81. The molecule has 138 valence electrons. The minimum Gasteiger partial charge on any atom is -0.469 e. The quantitative estimate of drug-likeness (QED) is 0.853. The number of anilines is 1. The van der Waals surface area contributed by atoms with Crippen LogP contribution in [0.15, 0.2) is 30.3 Å². The summed E-state index contributed by atoms with van der Waals surface area (Å²) < 4.78 is 6.68. The summed E-state index contributed by atoms with van der Waals surface area (Å²) in [7, 11) is 1.40. The Balaban J connectivity index is 1.76. The van der Waals surface area contributed by atoms with E-state index < -0.39 is 0 Å². The number of hydrogen-bond acceptors (Lipinski definition) is 4. The van der Waals surface area contributed by atoms with Gasteiger partial charge in [0, 0.05) is 5.92 Å². The fourth-order valence-electron chi connectivity index (χ4n) is 3.68. The van der Waals surface area contributed by atoms with Crippen LogP contribution in [0.2, 0.25) is 0 Å². The number of aryl methyl sites for hydroxylation is 1. The molecule has 0 aliphatic heterocycles. The second kappa shape index (κ2) is 7.72. The number of esters is 1. The van der Waals surface area contributed by atoms with Crippen LogP contribution in [-0.4, -0.2) is 28.8 Å². The first-order valence-corrected chi connectivity index (χ1v) is 9.01. The van der Waals surface area contributed by atoms with Gasteiger partial charge in [0.25, 0.3) is 0 Å². The molecule has 1 N–H and O–H groups in total. The topological polar surface area (TPSA) is 73.2 Å². The molecule has 0 radical (unpaired) electrons. The number of amides is 1. The van der Waals surface area contributed by atoms with Gasteiger partial charge in [-0.3, -0.25) is 9.59 Å². The zero-order valence-electron chi connectivity index (χ0n) is 15.5. The van der Waals surface area contributed by atoms with Crippen LogP contribution in [0.25, 0.3) is 5.69 Å². The number of rotatable bonds is 4. The van der Waals surface area contributed by atoms with Crippen LogP contribution < -0.4 is 5.32 Å². The molecule has 26 heavy (non-hydrogen) atoms. The third-order valence-corrected chi connectivity index (χ3v) is 5.12. The van der Waals surface area contributed by atoms with Crippen molar-refractivity contribution in [3.8, 4) is 5.69 Å². The molecule has 1 aliphatic rings. The van der Waals surface area contributed by atoms with Crippen molar-refractivity contribution in [3.05, 3.63) is 41.7 Å². The fourth-order valence-corrected chi connectivity index (χ4v) is 3.68. The average Bonchev–Trinajstić information content (AvgIpc) is 2.96. The molecule has 1 fully saturated rings. The van der Waals surface area contributed by atoms with Gasteiger partial charge in [0.05, 0.1) is 35.8 Å². The van der Waals surface area contributed by atoms with Gasteiger partial charge in [-0.1, -0.05) is 24.6 Å². The van der Waals surface area contributed by atoms with E-state index >= 15 is 0 Å². The van der Waals surface area contributed by atoms with Crippen molar-refractivity contribution in [2.24, 2.45) is 11.8 Å². The van der Waals surface area contributed by atoms with Crippen molar-refractivity contribution >= 4 is 17.6 Å². The molecule has 3 rings (SSSR count). The van der Waals surface area contributed by atoms with Crippen molar-refractivity contribution in [2.45, 2.75) is 39.5 Å². The molecule has 0 spiro atoms. The van der Waals surface area contributed by atoms with Crippen LogP contribution in [0, 0.1) is 25.7 Å². The molecule has 2 atom stereocenters. The summed E-state index contributed by atoms with van der Waals surface area (Å²) in [5, 5.41) is 7.60. The predicted molar refractivity (Wildman–Crippen MR) is 99.1 cm³/mol. The first-order valence-electron chi connectivity index (χ1n) is 9.01. The number of benzene rings is 1. The number of nitrogens with one attached hydrogen (secondary N) is 1. The van der Waals surface area contributed by atoms with Gasteiger partial charge in [-0.15, -0.1) is 0 Å². The van der Waals surface area contributed by atoms with Gasteiger partial charge in [-0.05, 0) is 45.2 Å². The third kappa shape index (κ3) is 3.64. The van der Waals surface area contributed by atoms with E-state index in [9.17, 15) is 9.59 Å². The Hall–Kier alpha value is -2.63. The van der Waals surface area contributed by atoms with Crippen molar-refractivity contribution in [2.75, 3.05) is 12.4 Å². The van der Waals surface area contributed by atoms with Gasteiger partial charge in [-0.2, -0.15) is 5.10 Å². The zero-order valence-corrected chi connectivity index (χ0v) is 15.5. The molecule has 1 saturated carbocycles. The summed E-state index contributed by atoms with van der Waals surface area (Å²) in [6.45, 7) is 3.83. The van der Waals surface area contributed by atoms with E-state index in [1.165, 1.54) is 7.11 Å². The summed E-state index contributed by atoms with van der Waals surface area (Å²) in [6.07, 6.45) is 2.99. The largest absolute Gasteiger partial charge is 0.469 e. The Morgan fingerprint density at radius 2 is 1.85 bits per heavy atom. The van der Waals surface area contributed by atoms with Crippen LogP contribution >= 0.6 is 0 Å². The Morgan fingerprint density at radius 1 is 1.15 bits per heavy atom. The highest BCUT2D eigenvalue weighted by Crippen LogP contribution is 2.31. The fraction of sp³-hybridized carbons (Fsp3) is 0.450. The number of nitrogens with zero attached hydrogens (tertiary/aromatic N) is 2. The Morgan fingerprint density at radius 3 is 2.54 bits per heavy atom. The van der Waals surface area contributed by atoms with Gasteiger partial charge >= 0.3 is 5.97 Å². The molecule has 1 heterocycles. The molecule has 0 saturated heterocycles. The SMILES string of the molecule is COC(=O)[C@H]1CCC[C@@H](C(=O)Nc2c(C)nn(-c3ccccc3)c2C)C1. The molecule has 1 aromatic heterocycles. The van der Waals surface area contributed by atoms with E-state index in [-0.39, 0.29) is 23.7 Å². The molecular formula is C20H25N3O3. The van der Waals surface area contributed by atoms with Crippen molar-refractivity contribution < 1.29 is 14.3 Å². The van der Waals surface area contributed by atoms with E-state index in [0.717, 1.165) is 42.0 Å². The highest BCUT2D eigenvalue weighted by Gasteiger charge is 2.32. The van der Waals surface area contributed by atoms with Crippen LogP contribution in [0.3, 0.4) is 0 Å². The molecule has 6 nitrogen and oxygen atoms in total. The summed E-state index contributed by atoms with van der Waals surface area (Å²) in [4.78, 5) is 24.6. The van der Waals surface area contributed by atoms with E-state index in [4.69, 9.17) is 4.74 Å². The molecule has 1 aliphatic carbocycles. The zero-order chi connectivity index (χ0) is 18.7. The lowest BCUT2D eigenvalue weighted by Gasteiger charge is -2.26. The van der Waals surface area contributed by atoms with Crippen LogP contribution in [0.5, 0.6) is 0 Å². The second-order valence-corrected chi connectivity index (χ2v) is 6.87. The van der Waals surface area contributed by atoms with Crippen molar-refractivity contribution in [3.63, 3.8) is 0 Å². The molecule has 1 aromatic carbocycles. The lowest BCUT2D eigenvalue weighted by molar-refractivity contribution is -0.147. The number of carbonyl (C=O) groups excluding carboxylic acids is 2. The summed E-state index contributed by atoms with van der Waals surface area (Å²) in [5.41, 5.74) is 3.37. The second-order valence-electron chi connectivity index (χ2n) is 6.87. The molecule has 1 amide bonds. The van der Waals surface area contributed by atoms with Gasteiger partial charge < -0.3 is 10.1 Å². The van der Waals surface area contributed by atoms with Crippen LogP contribution in [-0.2, 0) is 14.3 Å². The van der Waals surface area contributed by atoms with Crippen LogP contribution in [0.1, 0.15) is 37.1 Å². The molecule has 6 heteroatoms. The normalized spacial score (nSPS) is 19.8. The number of methoxy groups -OCH3 is 1. The van der Waals surface area contributed by atoms with E-state index in [0.29, 0.717) is 6.42 Å². The molecule has 0 bridgehead atoms. The summed E-state index contributed by atoms with van der Waals surface area (Å²) >= 11 is 0. The smallest absolute Gasteiger partial charge is 0.308 e. The number of carbonyl (C=O) groups is 2. The van der Waals surface area contributed by atoms with Crippen LogP contribution in [0.4, 0.5) is 5.69 Å². The third-order valence-electron chi connectivity index (χ3n) is 5.12. The summed E-state index contributed by atoms with van der Waals surface area (Å²) in [5.74, 6) is -0.616. The molecule has 0 unspecified atom stereocenters. The standard InChI is InChI=1S/C20H25N3O3/c1-13-18(14(2)23(22-13)17-10-5-4-6-11-17)21-19(24)15-8-7-9-16(12-15)20(25)26-3/h4-6,10-11,15-16H,7-9,12H2,1-3H3,(H,21,24)/t15-,16+/m1/s1. The van der Waals surface area contributed by atoms with Gasteiger partial charge in [-0.25, -0.2) is 4.68 Å². The number of ether oxygens (including phenoxy) is 1. The maximum Gasteiger partial charge on any atom is 0.308 e. The lowest BCUT2D eigenvalue weighted by Crippen LogP contribution is -2.31. The number of aromatic nitrogens is 2. The maximum atomic E-state index is 12.8. The Bertz CT molecular complexity index is 798. The molecular weight excluding hydrogens is 330 g/mol. The number of hydrogen-bond donors (Lipinski definition) is 1. The predicted octanol–water partition coefficient (Wildman–Crippen LogP) is 3.41. The number of para-hydroxylation sites is 1. The monoisotopic (exact) mass is 355 g/mol. The Labute approximate surface area is 153 Å². The summed E-state index contributed by atoms with van der Waals surface area (Å²) in [6, 6.07) is 9.83. The van der Waals surface area contributed by atoms with Gasteiger partial charge in [0.1, 0.15) is 0 Å². The average molecular weight is 355 g/mol. The minimum absolute atomic E-state index is 0.0441. The highest BCUT2D eigenvalue weighted by atomic mass is 16.5. The molecule has 2 aromatic rings. The highest BCUT2D eigenvalue weighted by molar-refractivity contribution is 5.94. The van der Waals surface area contributed by atoms with E-state index in [1.807, 2.05) is 48.9 Å². The first-order chi connectivity index (χ1) is 12.5.